The fraction of sp³-hybridized carbons (Fsp3) is 0.727. The lowest BCUT2D eigenvalue weighted by atomic mass is 10.7. The van der Waals surface area contributed by atoms with Crippen molar-refractivity contribution in [3.05, 3.63) is 0 Å². The minimum absolute atomic E-state index is 0.0625. The van der Waals surface area contributed by atoms with Gasteiger partial charge in [-0.2, -0.15) is 15.0 Å². The molecule has 0 aliphatic heterocycles. The van der Waals surface area contributed by atoms with Crippen LogP contribution in [0.1, 0.15) is 20.8 Å². The van der Waals surface area contributed by atoms with E-state index in [1.165, 1.54) is 0 Å². The first kappa shape index (κ1) is 17.4. The van der Waals surface area contributed by atoms with Crippen molar-refractivity contribution in [2.24, 2.45) is 0 Å². The van der Waals surface area contributed by atoms with Crippen LogP contribution in [0.2, 0.25) is 0 Å². The van der Waals surface area contributed by atoms with Crippen LogP contribution in [0.25, 0.3) is 0 Å². The molecule has 1 rings (SSSR count). The van der Waals surface area contributed by atoms with E-state index in [0.29, 0.717) is 25.6 Å². The zero-order valence-corrected chi connectivity index (χ0v) is 13.3. The van der Waals surface area contributed by atoms with Gasteiger partial charge in [0.1, 0.15) is 0 Å². The minimum atomic E-state index is -3.27. The number of ether oxygens (including phenoxy) is 1. The monoisotopic (exact) mass is 318 g/mol. The summed E-state index contributed by atoms with van der Waals surface area (Å²) in [4.78, 5) is 12.3. The lowest BCUT2D eigenvalue weighted by Gasteiger charge is -2.09. The predicted octanol–water partition coefficient (Wildman–Crippen LogP) is 0.0533. The van der Waals surface area contributed by atoms with Gasteiger partial charge in [0.05, 0.1) is 12.4 Å². The summed E-state index contributed by atoms with van der Waals surface area (Å²) in [6.45, 7) is 7.12. The summed E-state index contributed by atoms with van der Waals surface area (Å²) in [5.74, 6) is 0.594. The largest absolute Gasteiger partial charge is 0.464 e. The van der Waals surface area contributed by atoms with E-state index in [1.54, 1.807) is 6.92 Å². The third-order valence-corrected chi connectivity index (χ3v) is 3.71. The Labute approximate surface area is 125 Å². The summed E-state index contributed by atoms with van der Waals surface area (Å²) in [7, 11) is -3.27. The lowest BCUT2D eigenvalue weighted by molar-refractivity contribution is 0.312. The average molecular weight is 318 g/mol. The van der Waals surface area contributed by atoms with Gasteiger partial charge in [0, 0.05) is 19.6 Å². The third-order valence-electron chi connectivity index (χ3n) is 2.24. The number of hydrogen-bond donors (Lipinski definition) is 3. The van der Waals surface area contributed by atoms with E-state index in [9.17, 15) is 8.42 Å². The first-order chi connectivity index (χ1) is 10.0. The Kier molecular flexibility index (Phi) is 7.09. The van der Waals surface area contributed by atoms with Gasteiger partial charge in [-0.25, -0.2) is 13.1 Å². The van der Waals surface area contributed by atoms with Gasteiger partial charge >= 0.3 is 6.01 Å². The van der Waals surface area contributed by atoms with Gasteiger partial charge in [0.2, 0.25) is 21.9 Å². The molecule has 0 unspecified atom stereocenters. The van der Waals surface area contributed by atoms with E-state index in [2.05, 4.69) is 30.3 Å². The molecule has 0 aromatic carbocycles. The summed E-state index contributed by atoms with van der Waals surface area (Å²) in [6.07, 6.45) is 0. The van der Waals surface area contributed by atoms with E-state index in [-0.39, 0.29) is 24.3 Å². The Balaban J connectivity index is 2.68. The van der Waals surface area contributed by atoms with Crippen LogP contribution in [0, 0.1) is 0 Å². The number of hydrogen-bond acceptors (Lipinski definition) is 8. The van der Waals surface area contributed by atoms with Crippen LogP contribution >= 0.6 is 0 Å². The quantitative estimate of drug-likeness (QED) is 0.554. The van der Waals surface area contributed by atoms with Gasteiger partial charge in [-0.3, -0.25) is 0 Å². The van der Waals surface area contributed by atoms with E-state index >= 15 is 0 Å². The molecule has 1 heterocycles. The van der Waals surface area contributed by atoms with Crippen LogP contribution in [-0.4, -0.2) is 55.4 Å². The molecule has 21 heavy (non-hydrogen) atoms. The minimum Gasteiger partial charge on any atom is -0.464 e. The highest BCUT2D eigenvalue weighted by Gasteiger charge is 2.10. The van der Waals surface area contributed by atoms with Gasteiger partial charge in [0.25, 0.3) is 0 Å². The molecular formula is C11H22N6O3S. The van der Waals surface area contributed by atoms with Crippen LogP contribution in [0.5, 0.6) is 6.01 Å². The Morgan fingerprint density at radius 3 is 2.24 bits per heavy atom. The van der Waals surface area contributed by atoms with Crippen LogP contribution < -0.4 is 20.1 Å². The SMILES string of the molecule is CCNc1nc(NCCS(=O)(=O)NCC)nc(OCC)n1. The predicted molar refractivity (Wildman–Crippen MR) is 81.1 cm³/mol. The highest BCUT2D eigenvalue weighted by molar-refractivity contribution is 7.89. The summed E-state index contributed by atoms with van der Waals surface area (Å²) < 4.78 is 30.7. The maximum atomic E-state index is 11.5. The van der Waals surface area contributed by atoms with Crippen molar-refractivity contribution >= 4 is 21.9 Å². The van der Waals surface area contributed by atoms with Crippen molar-refractivity contribution in [1.82, 2.24) is 19.7 Å². The fourth-order valence-electron chi connectivity index (χ4n) is 1.46. The molecule has 1 aromatic heterocycles. The Morgan fingerprint density at radius 2 is 1.67 bits per heavy atom. The molecule has 9 nitrogen and oxygen atoms in total. The third kappa shape index (κ3) is 6.54. The molecule has 0 aliphatic carbocycles. The van der Waals surface area contributed by atoms with E-state index in [0.717, 1.165) is 0 Å². The molecule has 0 atom stereocenters. The van der Waals surface area contributed by atoms with Gasteiger partial charge < -0.3 is 15.4 Å². The van der Waals surface area contributed by atoms with E-state index < -0.39 is 10.0 Å². The molecule has 0 fully saturated rings. The van der Waals surface area contributed by atoms with Crippen molar-refractivity contribution in [3.8, 4) is 6.01 Å². The second-order valence-corrected chi connectivity index (χ2v) is 5.90. The molecular weight excluding hydrogens is 296 g/mol. The van der Waals surface area contributed by atoms with Gasteiger partial charge in [-0.1, -0.05) is 6.92 Å². The number of sulfonamides is 1. The normalized spacial score (nSPS) is 11.2. The topological polar surface area (TPSA) is 118 Å². The second kappa shape index (κ2) is 8.57. The number of nitrogens with zero attached hydrogens (tertiary/aromatic N) is 3. The first-order valence-corrected chi connectivity index (χ1v) is 8.49. The van der Waals surface area contributed by atoms with Crippen LogP contribution in [-0.2, 0) is 10.0 Å². The van der Waals surface area contributed by atoms with Crippen LogP contribution in [0.4, 0.5) is 11.9 Å². The zero-order chi connectivity index (χ0) is 15.7. The Hall–Kier alpha value is -1.68. The fourth-order valence-corrected chi connectivity index (χ4v) is 2.41. The van der Waals surface area contributed by atoms with Crippen LogP contribution in [0.3, 0.4) is 0 Å². The molecule has 0 bridgehead atoms. The number of anilines is 2. The van der Waals surface area contributed by atoms with E-state index in [1.807, 2.05) is 13.8 Å². The first-order valence-electron chi connectivity index (χ1n) is 6.84. The number of nitrogens with one attached hydrogen (secondary N) is 3. The summed E-state index contributed by atoms with van der Waals surface area (Å²) >= 11 is 0. The Bertz CT molecular complexity index is 513. The molecule has 0 radical (unpaired) electrons. The summed E-state index contributed by atoms with van der Waals surface area (Å²) in [6, 6.07) is 0.195. The van der Waals surface area contributed by atoms with Crippen molar-refractivity contribution < 1.29 is 13.2 Å². The molecule has 0 spiro atoms. The van der Waals surface area contributed by atoms with Gasteiger partial charge in [0.15, 0.2) is 0 Å². The zero-order valence-electron chi connectivity index (χ0n) is 12.5. The van der Waals surface area contributed by atoms with Crippen molar-refractivity contribution in [3.63, 3.8) is 0 Å². The van der Waals surface area contributed by atoms with Crippen LogP contribution in [0.15, 0.2) is 0 Å². The smallest absolute Gasteiger partial charge is 0.323 e. The molecule has 0 saturated heterocycles. The highest BCUT2D eigenvalue weighted by Crippen LogP contribution is 2.10. The summed E-state index contributed by atoms with van der Waals surface area (Å²) in [5, 5.41) is 5.82. The molecule has 0 aliphatic rings. The maximum Gasteiger partial charge on any atom is 0.323 e. The molecule has 1 aromatic rings. The molecule has 0 saturated carbocycles. The van der Waals surface area contributed by atoms with Gasteiger partial charge in [-0.05, 0) is 13.8 Å². The van der Waals surface area contributed by atoms with Crippen molar-refractivity contribution in [2.75, 3.05) is 42.6 Å². The maximum absolute atomic E-state index is 11.5. The average Bonchev–Trinajstić information content (AvgIpc) is 2.39. The molecule has 0 amide bonds. The summed E-state index contributed by atoms with van der Waals surface area (Å²) in [5.41, 5.74) is 0. The Morgan fingerprint density at radius 1 is 1.00 bits per heavy atom. The van der Waals surface area contributed by atoms with Crippen molar-refractivity contribution in [1.29, 1.82) is 0 Å². The number of rotatable bonds is 10. The van der Waals surface area contributed by atoms with Crippen molar-refractivity contribution in [2.45, 2.75) is 20.8 Å². The molecule has 3 N–H and O–H groups in total. The molecule has 120 valence electrons. The van der Waals surface area contributed by atoms with Gasteiger partial charge in [-0.15, -0.1) is 0 Å². The second-order valence-electron chi connectivity index (χ2n) is 3.97. The molecule has 10 heteroatoms. The number of aromatic nitrogens is 3. The van der Waals surface area contributed by atoms with E-state index in [4.69, 9.17) is 4.74 Å². The lowest BCUT2D eigenvalue weighted by Crippen LogP contribution is -2.29. The standard InChI is InChI=1S/C11H22N6O3S/c1-4-12-9-15-10(17-11(16-9)20-6-3)13-7-8-21(18,19)14-5-2/h14H,4-8H2,1-3H3,(H2,12,13,15,16,17). The highest BCUT2D eigenvalue weighted by atomic mass is 32.2.